The average Bonchev–Trinajstić information content (AvgIpc) is 2.74. The van der Waals surface area contributed by atoms with E-state index in [1.807, 2.05) is 48.2 Å². The number of piperazine rings is 1. The molecule has 1 fully saturated rings. The van der Waals surface area contributed by atoms with Gasteiger partial charge in [-0.2, -0.15) is 0 Å². The van der Waals surface area contributed by atoms with Gasteiger partial charge in [0.1, 0.15) is 0 Å². The molecule has 1 amide bonds. The molecule has 1 aliphatic heterocycles. The first-order chi connectivity index (χ1) is 14.0. The molecule has 2 heterocycles. The van der Waals surface area contributed by atoms with Crippen LogP contribution in [0.4, 0.5) is 0 Å². The lowest BCUT2D eigenvalue weighted by atomic mass is 10.1. The molecule has 1 saturated heterocycles. The zero-order chi connectivity index (χ0) is 20.4. The van der Waals surface area contributed by atoms with Gasteiger partial charge in [-0.15, -0.1) is 0 Å². The Balaban J connectivity index is 1.43. The number of nitrogens with zero attached hydrogens (tertiary/aromatic N) is 2. The standard InChI is InChI=1S/C24H27N3O2/c1-3-18-7-8-22-20(14-18)15-21(23(28)25-22)16-26-9-11-27(12-10-26)24(29)19-6-4-5-17(2)13-19/h4-8,13-15H,3,9-12,16H2,1-2H3,(H,25,28). The van der Waals surface area contributed by atoms with Crippen LogP contribution < -0.4 is 5.56 Å². The maximum Gasteiger partial charge on any atom is 0.253 e. The van der Waals surface area contributed by atoms with Crippen molar-refractivity contribution >= 4 is 16.8 Å². The third-order valence-corrected chi connectivity index (χ3v) is 5.71. The van der Waals surface area contributed by atoms with Crippen LogP contribution in [0.2, 0.25) is 0 Å². The van der Waals surface area contributed by atoms with Crippen LogP contribution in [0, 0.1) is 6.92 Å². The third kappa shape index (κ3) is 4.25. The Morgan fingerprint density at radius 1 is 1.03 bits per heavy atom. The number of H-pyrrole nitrogens is 1. The summed E-state index contributed by atoms with van der Waals surface area (Å²) in [5.41, 5.74) is 4.74. The molecule has 0 saturated carbocycles. The van der Waals surface area contributed by atoms with Gasteiger partial charge in [-0.3, -0.25) is 14.5 Å². The van der Waals surface area contributed by atoms with Gasteiger partial charge in [-0.05, 0) is 54.6 Å². The highest BCUT2D eigenvalue weighted by molar-refractivity contribution is 5.94. The number of aromatic nitrogens is 1. The van der Waals surface area contributed by atoms with E-state index in [2.05, 4.69) is 28.9 Å². The van der Waals surface area contributed by atoms with Gasteiger partial charge in [0.2, 0.25) is 0 Å². The molecule has 4 rings (SSSR count). The highest BCUT2D eigenvalue weighted by Gasteiger charge is 2.22. The maximum atomic E-state index is 12.7. The Bertz CT molecular complexity index is 1090. The normalized spacial score (nSPS) is 15.0. The molecule has 0 atom stereocenters. The summed E-state index contributed by atoms with van der Waals surface area (Å²) >= 11 is 0. The monoisotopic (exact) mass is 389 g/mol. The number of amides is 1. The van der Waals surface area contributed by atoms with E-state index >= 15 is 0 Å². The number of nitrogens with one attached hydrogen (secondary N) is 1. The molecule has 0 radical (unpaired) electrons. The lowest BCUT2D eigenvalue weighted by Crippen LogP contribution is -2.48. The van der Waals surface area contributed by atoms with Crippen molar-refractivity contribution in [3.63, 3.8) is 0 Å². The molecule has 3 aromatic rings. The molecule has 5 nitrogen and oxygen atoms in total. The summed E-state index contributed by atoms with van der Waals surface area (Å²) in [6.07, 6.45) is 0.974. The molecule has 1 N–H and O–H groups in total. The van der Waals surface area contributed by atoms with Crippen LogP contribution in [-0.4, -0.2) is 46.9 Å². The van der Waals surface area contributed by atoms with Crippen LogP contribution in [0.25, 0.3) is 10.9 Å². The van der Waals surface area contributed by atoms with Crippen molar-refractivity contribution < 1.29 is 4.79 Å². The van der Waals surface area contributed by atoms with Gasteiger partial charge in [-0.25, -0.2) is 0 Å². The second kappa shape index (κ2) is 8.21. The van der Waals surface area contributed by atoms with E-state index in [0.29, 0.717) is 19.6 Å². The molecule has 0 aliphatic carbocycles. The number of benzene rings is 2. The number of carbonyl (C=O) groups is 1. The van der Waals surface area contributed by atoms with Gasteiger partial charge in [0.25, 0.3) is 11.5 Å². The number of aromatic amines is 1. The molecule has 1 aliphatic rings. The number of pyridine rings is 1. The number of carbonyl (C=O) groups excluding carboxylic acids is 1. The largest absolute Gasteiger partial charge is 0.336 e. The molecule has 2 aromatic carbocycles. The van der Waals surface area contributed by atoms with E-state index < -0.39 is 0 Å². The number of fused-ring (bicyclic) bond motifs is 1. The quantitative estimate of drug-likeness (QED) is 0.744. The predicted molar refractivity (Wildman–Crippen MR) is 116 cm³/mol. The summed E-state index contributed by atoms with van der Waals surface area (Å²) in [6, 6.07) is 15.9. The van der Waals surface area contributed by atoms with E-state index in [9.17, 15) is 9.59 Å². The van der Waals surface area contributed by atoms with Gasteiger partial charge >= 0.3 is 0 Å². The minimum Gasteiger partial charge on any atom is -0.336 e. The second-order valence-corrected chi connectivity index (χ2v) is 7.84. The Morgan fingerprint density at radius 3 is 2.55 bits per heavy atom. The van der Waals surface area contributed by atoms with Gasteiger partial charge in [0.15, 0.2) is 0 Å². The predicted octanol–water partition coefficient (Wildman–Crippen LogP) is 3.36. The Hall–Kier alpha value is -2.92. The molecule has 5 heteroatoms. The van der Waals surface area contributed by atoms with Crippen LogP contribution in [-0.2, 0) is 13.0 Å². The Labute approximate surface area is 171 Å². The van der Waals surface area contributed by atoms with Crippen molar-refractivity contribution in [2.45, 2.75) is 26.8 Å². The lowest BCUT2D eigenvalue weighted by molar-refractivity contribution is 0.0628. The number of hydrogen-bond donors (Lipinski definition) is 1. The number of rotatable bonds is 4. The van der Waals surface area contributed by atoms with Crippen LogP contribution in [0.5, 0.6) is 0 Å². The van der Waals surface area contributed by atoms with Crippen LogP contribution in [0.1, 0.15) is 34.0 Å². The molecule has 0 spiro atoms. The zero-order valence-electron chi connectivity index (χ0n) is 17.1. The highest BCUT2D eigenvalue weighted by atomic mass is 16.2. The smallest absolute Gasteiger partial charge is 0.253 e. The fourth-order valence-corrected chi connectivity index (χ4v) is 3.95. The van der Waals surface area contributed by atoms with Crippen molar-refractivity contribution in [1.82, 2.24) is 14.8 Å². The van der Waals surface area contributed by atoms with Gasteiger partial charge in [0, 0.05) is 49.4 Å². The summed E-state index contributed by atoms with van der Waals surface area (Å²) < 4.78 is 0. The lowest BCUT2D eigenvalue weighted by Gasteiger charge is -2.34. The summed E-state index contributed by atoms with van der Waals surface area (Å²) in [6.45, 7) is 7.63. The SMILES string of the molecule is CCc1ccc2[nH]c(=O)c(CN3CCN(C(=O)c4cccc(C)c4)CC3)cc2c1. The highest BCUT2D eigenvalue weighted by Crippen LogP contribution is 2.16. The van der Waals surface area contributed by atoms with Crippen LogP contribution in [0.15, 0.2) is 53.3 Å². The first-order valence-corrected chi connectivity index (χ1v) is 10.3. The molecule has 1 aromatic heterocycles. The summed E-state index contributed by atoms with van der Waals surface area (Å²) in [5.74, 6) is 0.0870. The molecule has 0 bridgehead atoms. The molecule has 0 unspecified atom stereocenters. The number of hydrogen-bond acceptors (Lipinski definition) is 3. The molecule has 150 valence electrons. The van der Waals surface area contributed by atoms with Crippen molar-refractivity contribution in [3.05, 3.63) is 81.1 Å². The first-order valence-electron chi connectivity index (χ1n) is 10.3. The third-order valence-electron chi connectivity index (χ3n) is 5.71. The van der Waals surface area contributed by atoms with Crippen molar-refractivity contribution in [1.29, 1.82) is 0 Å². The van der Waals surface area contributed by atoms with Gasteiger partial charge in [-0.1, -0.05) is 30.7 Å². The summed E-state index contributed by atoms with van der Waals surface area (Å²) in [7, 11) is 0. The minimum atomic E-state index is -0.0278. The fourth-order valence-electron chi connectivity index (χ4n) is 3.95. The fraction of sp³-hybridized carbons (Fsp3) is 0.333. The first kappa shape index (κ1) is 19.4. The topological polar surface area (TPSA) is 56.4 Å². The van der Waals surface area contributed by atoms with Crippen LogP contribution in [0.3, 0.4) is 0 Å². The Kier molecular flexibility index (Phi) is 5.49. The zero-order valence-corrected chi connectivity index (χ0v) is 17.1. The van der Waals surface area contributed by atoms with E-state index in [4.69, 9.17) is 0 Å². The van der Waals surface area contributed by atoms with Crippen LogP contribution >= 0.6 is 0 Å². The second-order valence-electron chi connectivity index (χ2n) is 7.84. The molecular formula is C24H27N3O2. The van der Waals surface area contributed by atoms with Gasteiger partial charge < -0.3 is 9.88 Å². The van der Waals surface area contributed by atoms with E-state index in [1.54, 1.807) is 0 Å². The van der Waals surface area contributed by atoms with Crippen molar-refractivity contribution in [3.8, 4) is 0 Å². The van der Waals surface area contributed by atoms with E-state index in [-0.39, 0.29) is 11.5 Å². The van der Waals surface area contributed by atoms with Crippen molar-refractivity contribution in [2.75, 3.05) is 26.2 Å². The maximum absolute atomic E-state index is 12.7. The Morgan fingerprint density at radius 2 is 1.83 bits per heavy atom. The van der Waals surface area contributed by atoms with E-state index in [1.165, 1.54) is 5.56 Å². The minimum absolute atomic E-state index is 0.0278. The summed E-state index contributed by atoms with van der Waals surface area (Å²) in [4.78, 5) is 32.4. The molecular weight excluding hydrogens is 362 g/mol. The van der Waals surface area contributed by atoms with Gasteiger partial charge in [0.05, 0.1) is 0 Å². The van der Waals surface area contributed by atoms with E-state index in [0.717, 1.165) is 47.1 Å². The van der Waals surface area contributed by atoms with Crippen molar-refractivity contribution in [2.24, 2.45) is 0 Å². The summed E-state index contributed by atoms with van der Waals surface area (Å²) in [5, 5.41) is 1.08. The molecule has 29 heavy (non-hydrogen) atoms. The average molecular weight is 389 g/mol. The number of aryl methyl sites for hydroxylation is 2.